The van der Waals surface area contributed by atoms with Crippen LogP contribution in [0.25, 0.3) is 11.3 Å². The van der Waals surface area contributed by atoms with E-state index in [1.807, 2.05) is 49.4 Å². The number of amides is 1. The van der Waals surface area contributed by atoms with Gasteiger partial charge >= 0.3 is 0 Å². The molecule has 1 aliphatic heterocycles. The van der Waals surface area contributed by atoms with E-state index >= 15 is 0 Å². The molecule has 0 radical (unpaired) electrons. The van der Waals surface area contributed by atoms with Crippen LogP contribution in [-0.2, 0) is 11.3 Å². The Hall–Kier alpha value is -3.34. The first-order chi connectivity index (χ1) is 18.3. The number of aryl methyl sites for hydroxylation is 1. The van der Waals surface area contributed by atoms with E-state index in [1.165, 1.54) is 11.3 Å². The maximum atomic E-state index is 12.4. The third-order valence-electron chi connectivity index (χ3n) is 6.37. The Bertz CT molecular complexity index is 1270. The monoisotopic (exact) mass is 555 g/mol. The molecule has 1 fully saturated rings. The average Bonchev–Trinajstić information content (AvgIpc) is 3.24. The molecule has 202 valence electrons. The molecule has 1 aromatic heterocycles. The van der Waals surface area contributed by atoms with Gasteiger partial charge in [0.25, 0.3) is 0 Å². The van der Waals surface area contributed by atoms with E-state index in [2.05, 4.69) is 20.2 Å². The quantitative estimate of drug-likeness (QED) is 0.127. The Balaban J connectivity index is 1.14. The molecule has 0 aliphatic carbocycles. The highest BCUT2D eigenvalue weighted by Gasteiger charge is 2.21. The average molecular weight is 556 g/mol. The Morgan fingerprint density at radius 1 is 1.21 bits per heavy atom. The number of nitrogen functional groups attached to an aromatic ring is 1. The zero-order valence-corrected chi connectivity index (χ0v) is 23.0. The van der Waals surface area contributed by atoms with Crippen LogP contribution in [0.5, 0.6) is 5.75 Å². The van der Waals surface area contributed by atoms with E-state index < -0.39 is 0 Å². The molecular formula is C27H34ClN7O2S. The molecule has 2 heterocycles. The van der Waals surface area contributed by atoms with E-state index in [1.54, 1.807) is 0 Å². The second-order valence-corrected chi connectivity index (χ2v) is 11.0. The summed E-state index contributed by atoms with van der Waals surface area (Å²) in [5.41, 5.74) is 20.4. The number of piperidine rings is 1. The lowest BCUT2D eigenvalue weighted by Crippen LogP contribution is -2.44. The molecule has 7 N–H and O–H groups in total. The third kappa shape index (κ3) is 7.83. The Labute approximate surface area is 232 Å². The number of halogens is 1. The van der Waals surface area contributed by atoms with Gasteiger partial charge in [0.2, 0.25) is 11.0 Å². The molecule has 2 aromatic carbocycles. The first kappa shape index (κ1) is 27.7. The SMILES string of the molecule is Cc1sc(N=C(N)N)nc1-c1ccc(OCCCC(=O)NC2CCN(Cc3ccc(Cl)c(N)c3)CC2)cc1. The number of rotatable bonds is 10. The summed E-state index contributed by atoms with van der Waals surface area (Å²) < 4.78 is 5.84. The van der Waals surface area contributed by atoms with E-state index in [9.17, 15) is 4.79 Å². The van der Waals surface area contributed by atoms with Gasteiger partial charge in [0.05, 0.1) is 23.0 Å². The van der Waals surface area contributed by atoms with Crippen molar-refractivity contribution in [3.05, 3.63) is 57.9 Å². The molecule has 1 amide bonds. The minimum absolute atomic E-state index is 0.00958. The minimum Gasteiger partial charge on any atom is -0.494 e. The van der Waals surface area contributed by atoms with Gasteiger partial charge in [-0.1, -0.05) is 29.0 Å². The van der Waals surface area contributed by atoms with Crippen LogP contribution in [0.3, 0.4) is 0 Å². The minimum atomic E-state index is -0.00958. The van der Waals surface area contributed by atoms with Crippen molar-refractivity contribution in [1.82, 2.24) is 15.2 Å². The second kappa shape index (κ2) is 12.9. The molecule has 0 bridgehead atoms. The van der Waals surface area contributed by atoms with Crippen LogP contribution in [0.15, 0.2) is 47.5 Å². The number of hydrogen-bond donors (Lipinski definition) is 4. The third-order valence-corrected chi connectivity index (χ3v) is 7.58. The van der Waals surface area contributed by atoms with Gasteiger partial charge in [-0.15, -0.1) is 0 Å². The molecule has 0 atom stereocenters. The molecular weight excluding hydrogens is 522 g/mol. The van der Waals surface area contributed by atoms with Gasteiger partial charge in [-0.2, -0.15) is 4.99 Å². The van der Waals surface area contributed by atoms with Crippen LogP contribution in [0.1, 0.15) is 36.1 Å². The summed E-state index contributed by atoms with van der Waals surface area (Å²) in [5, 5.41) is 4.29. The number of aliphatic imine (C=N–C) groups is 1. The summed E-state index contributed by atoms with van der Waals surface area (Å²) in [6, 6.07) is 13.7. The number of ether oxygens (including phenoxy) is 1. The lowest BCUT2D eigenvalue weighted by atomic mass is 10.0. The van der Waals surface area contributed by atoms with Gasteiger partial charge in [0.1, 0.15) is 5.75 Å². The molecule has 0 unspecified atom stereocenters. The lowest BCUT2D eigenvalue weighted by Gasteiger charge is -2.32. The molecule has 1 saturated heterocycles. The Morgan fingerprint density at radius 3 is 2.63 bits per heavy atom. The number of likely N-dealkylation sites (tertiary alicyclic amines) is 1. The number of guanidine groups is 1. The molecule has 0 spiro atoms. The normalized spacial score (nSPS) is 14.3. The molecule has 1 aliphatic rings. The van der Waals surface area contributed by atoms with Crippen molar-refractivity contribution in [1.29, 1.82) is 0 Å². The van der Waals surface area contributed by atoms with E-state index in [4.69, 9.17) is 33.5 Å². The fraction of sp³-hybridized carbons (Fsp3) is 0.370. The summed E-state index contributed by atoms with van der Waals surface area (Å²) in [7, 11) is 0. The summed E-state index contributed by atoms with van der Waals surface area (Å²) in [6.07, 6.45) is 2.96. The maximum Gasteiger partial charge on any atom is 0.220 e. The van der Waals surface area contributed by atoms with Crippen molar-refractivity contribution >= 4 is 45.6 Å². The highest BCUT2D eigenvalue weighted by Crippen LogP contribution is 2.32. The number of nitrogens with two attached hydrogens (primary N) is 3. The number of carbonyl (C=O) groups is 1. The fourth-order valence-electron chi connectivity index (χ4n) is 4.43. The molecule has 4 rings (SSSR count). The van der Waals surface area contributed by atoms with Gasteiger partial charge in [-0.3, -0.25) is 9.69 Å². The van der Waals surface area contributed by atoms with Crippen molar-refractivity contribution in [2.24, 2.45) is 16.5 Å². The number of nitrogens with zero attached hydrogens (tertiary/aromatic N) is 3. The smallest absolute Gasteiger partial charge is 0.220 e. The van der Waals surface area contributed by atoms with Gasteiger partial charge in [0, 0.05) is 42.5 Å². The number of carbonyl (C=O) groups excluding carboxylic acids is 1. The molecule has 0 saturated carbocycles. The van der Waals surface area contributed by atoms with Crippen molar-refractivity contribution < 1.29 is 9.53 Å². The predicted octanol–water partition coefficient (Wildman–Crippen LogP) is 4.20. The van der Waals surface area contributed by atoms with Gasteiger partial charge in [0.15, 0.2) is 5.96 Å². The molecule has 38 heavy (non-hydrogen) atoms. The number of aromatic nitrogens is 1. The van der Waals surface area contributed by atoms with Crippen LogP contribution in [0.2, 0.25) is 5.02 Å². The number of thiazole rings is 1. The van der Waals surface area contributed by atoms with Crippen LogP contribution < -0.4 is 27.3 Å². The predicted molar refractivity (Wildman–Crippen MR) is 155 cm³/mol. The maximum absolute atomic E-state index is 12.4. The molecule has 9 nitrogen and oxygen atoms in total. The largest absolute Gasteiger partial charge is 0.494 e. The van der Waals surface area contributed by atoms with Gasteiger partial charge in [-0.25, -0.2) is 4.98 Å². The number of anilines is 1. The first-order valence-corrected chi connectivity index (χ1v) is 13.8. The van der Waals surface area contributed by atoms with Crippen LogP contribution in [-0.4, -0.2) is 47.5 Å². The summed E-state index contributed by atoms with van der Waals surface area (Å²) in [5.74, 6) is 0.814. The van der Waals surface area contributed by atoms with Gasteiger partial charge in [-0.05, 0) is 68.1 Å². The Morgan fingerprint density at radius 2 is 1.95 bits per heavy atom. The zero-order chi connectivity index (χ0) is 27.1. The summed E-state index contributed by atoms with van der Waals surface area (Å²) in [6.45, 7) is 5.16. The van der Waals surface area contributed by atoms with Crippen LogP contribution >= 0.6 is 22.9 Å². The zero-order valence-electron chi connectivity index (χ0n) is 21.5. The van der Waals surface area contributed by atoms with Crippen molar-refractivity contribution in [2.45, 2.75) is 45.2 Å². The van der Waals surface area contributed by atoms with E-state index in [0.29, 0.717) is 35.3 Å². The highest BCUT2D eigenvalue weighted by atomic mass is 35.5. The molecule has 3 aromatic rings. The number of nitrogens with one attached hydrogen (secondary N) is 1. The standard InChI is InChI=1S/C27H34ClN7O2S/c1-17-25(33-27(38-17)34-26(30)31)19-5-7-21(8-6-19)37-14-2-3-24(36)32-20-10-12-35(13-11-20)16-18-4-9-22(28)23(29)15-18/h4-9,15,20H,2-3,10-14,16,29H2,1H3,(H,32,36)(H4,30,31,33,34). The van der Waals surface area contributed by atoms with Crippen LogP contribution in [0.4, 0.5) is 10.8 Å². The van der Waals surface area contributed by atoms with Crippen molar-refractivity contribution in [2.75, 3.05) is 25.4 Å². The first-order valence-electron chi connectivity index (χ1n) is 12.6. The lowest BCUT2D eigenvalue weighted by molar-refractivity contribution is -0.122. The van der Waals surface area contributed by atoms with Gasteiger partial charge < -0.3 is 27.3 Å². The van der Waals surface area contributed by atoms with Crippen molar-refractivity contribution in [3.8, 4) is 17.0 Å². The second-order valence-electron chi connectivity index (χ2n) is 9.39. The Kier molecular flexibility index (Phi) is 9.43. The molecule has 11 heteroatoms. The van der Waals surface area contributed by atoms with Crippen LogP contribution in [0, 0.1) is 6.92 Å². The van der Waals surface area contributed by atoms with Crippen molar-refractivity contribution in [3.63, 3.8) is 0 Å². The number of hydrogen-bond acceptors (Lipinski definition) is 7. The highest BCUT2D eigenvalue weighted by molar-refractivity contribution is 7.15. The van der Waals surface area contributed by atoms with E-state index in [0.717, 1.165) is 59.9 Å². The summed E-state index contributed by atoms with van der Waals surface area (Å²) in [4.78, 5) is 24.4. The summed E-state index contributed by atoms with van der Waals surface area (Å²) >= 11 is 7.45. The van der Waals surface area contributed by atoms with E-state index in [-0.39, 0.29) is 17.9 Å². The number of benzene rings is 2. The topological polar surface area (TPSA) is 145 Å². The fourth-order valence-corrected chi connectivity index (χ4v) is 5.36.